The predicted molar refractivity (Wildman–Crippen MR) is 107 cm³/mol. The Morgan fingerprint density at radius 2 is 1.78 bits per heavy atom. The first-order valence-electron chi connectivity index (χ1n) is 8.98. The average molecular weight is 359 g/mol. The summed E-state index contributed by atoms with van der Waals surface area (Å²) in [4.78, 5) is 18.4. The van der Waals surface area contributed by atoms with Gasteiger partial charge in [0.1, 0.15) is 12.3 Å². The molecule has 2 aromatic heterocycles. The molecule has 5 nitrogen and oxygen atoms in total. The Labute approximate surface area is 157 Å². The van der Waals surface area contributed by atoms with Crippen LogP contribution in [-0.2, 0) is 17.8 Å². The normalized spacial score (nSPS) is 10.8. The number of nitrogens with one attached hydrogen (secondary N) is 3. The second kappa shape index (κ2) is 7.83. The van der Waals surface area contributed by atoms with Crippen molar-refractivity contribution in [2.75, 3.05) is 11.9 Å². The first-order chi connectivity index (χ1) is 13.3. The van der Waals surface area contributed by atoms with E-state index in [9.17, 15) is 4.79 Å². The van der Waals surface area contributed by atoms with Gasteiger partial charge < -0.3 is 20.0 Å². The van der Waals surface area contributed by atoms with Crippen molar-refractivity contribution in [3.63, 3.8) is 0 Å². The van der Waals surface area contributed by atoms with Crippen molar-refractivity contribution in [1.29, 1.82) is 0 Å². The number of anilines is 1. The van der Waals surface area contributed by atoms with Gasteiger partial charge in [-0.1, -0.05) is 48.5 Å². The molecule has 27 heavy (non-hydrogen) atoms. The lowest BCUT2D eigenvalue weighted by Crippen LogP contribution is -2.06. The Morgan fingerprint density at radius 1 is 0.963 bits per heavy atom. The summed E-state index contributed by atoms with van der Waals surface area (Å²) in [5.41, 5.74) is 4.71. The molecule has 4 aromatic rings. The molecular weight excluding hydrogens is 338 g/mol. The molecule has 3 N–H and O–H groups in total. The zero-order valence-corrected chi connectivity index (χ0v) is 14.9. The quantitative estimate of drug-likeness (QED) is 0.425. The van der Waals surface area contributed by atoms with Crippen molar-refractivity contribution >= 4 is 22.6 Å². The largest absolute Gasteiger partial charge is 0.456 e. The van der Waals surface area contributed by atoms with E-state index < -0.39 is 0 Å². The van der Waals surface area contributed by atoms with Gasteiger partial charge in [-0.2, -0.15) is 0 Å². The van der Waals surface area contributed by atoms with Crippen LogP contribution >= 0.6 is 0 Å². The van der Waals surface area contributed by atoms with E-state index >= 15 is 0 Å². The predicted octanol–water partition coefficient (Wildman–Crippen LogP) is 4.51. The summed E-state index contributed by atoms with van der Waals surface area (Å²) in [6, 6.07) is 19.7. The van der Waals surface area contributed by atoms with E-state index in [2.05, 4.69) is 33.6 Å². The van der Waals surface area contributed by atoms with Crippen LogP contribution in [-0.4, -0.2) is 22.5 Å². The van der Waals surface area contributed by atoms with Crippen LogP contribution in [0, 0.1) is 0 Å². The average Bonchev–Trinajstić information content (AvgIpc) is 3.35. The highest BCUT2D eigenvalue weighted by atomic mass is 16.5. The summed E-state index contributed by atoms with van der Waals surface area (Å²) >= 11 is 0. The third-order valence-electron chi connectivity index (χ3n) is 4.51. The summed E-state index contributed by atoms with van der Waals surface area (Å²) in [5.74, 6) is -0.358. The third-order valence-corrected chi connectivity index (χ3v) is 4.51. The Balaban J connectivity index is 1.29. The molecule has 0 aliphatic rings. The van der Waals surface area contributed by atoms with Crippen LogP contribution in [0.4, 0.5) is 5.69 Å². The molecule has 2 aromatic carbocycles. The van der Waals surface area contributed by atoms with Gasteiger partial charge in [0, 0.05) is 29.8 Å². The molecule has 136 valence electrons. The summed E-state index contributed by atoms with van der Waals surface area (Å²) in [5, 5.41) is 4.59. The Morgan fingerprint density at radius 3 is 2.67 bits per heavy atom. The highest BCUT2D eigenvalue weighted by Gasteiger charge is 2.10. The zero-order chi connectivity index (χ0) is 18.5. The maximum Gasteiger partial charge on any atom is 0.355 e. The van der Waals surface area contributed by atoms with E-state index in [1.54, 1.807) is 12.3 Å². The fourth-order valence-electron chi connectivity index (χ4n) is 3.10. The number of esters is 1. The second-order valence-corrected chi connectivity index (χ2v) is 6.40. The lowest BCUT2D eigenvalue weighted by Gasteiger charge is -2.04. The van der Waals surface area contributed by atoms with Crippen molar-refractivity contribution in [3.8, 4) is 0 Å². The van der Waals surface area contributed by atoms with Crippen LogP contribution in [0.15, 0.2) is 73.1 Å². The maximum absolute atomic E-state index is 12.2. The van der Waals surface area contributed by atoms with Crippen LogP contribution in [0.2, 0.25) is 0 Å². The highest BCUT2D eigenvalue weighted by Crippen LogP contribution is 2.18. The van der Waals surface area contributed by atoms with Crippen LogP contribution in [0.3, 0.4) is 0 Å². The van der Waals surface area contributed by atoms with Gasteiger partial charge in [0.2, 0.25) is 0 Å². The summed E-state index contributed by atoms with van der Waals surface area (Å²) < 4.78 is 5.34. The Kier molecular flexibility index (Phi) is 4.92. The number of para-hydroxylation sites is 1. The van der Waals surface area contributed by atoms with Crippen LogP contribution < -0.4 is 5.32 Å². The van der Waals surface area contributed by atoms with E-state index in [1.807, 2.05) is 42.5 Å². The van der Waals surface area contributed by atoms with Crippen molar-refractivity contribution in [2.24, 2.45) is 0 Å². The molecular formula is C22H21N3O2. The highest BCUT2D eigenvalue weighted by molar-refractivity contribution is 5.88. The third kappa shape index (κ3) is 4.03. The number of rotatable bonds is 7. The van der Waals surface area contributed by atoms with E-state index in [4.69, 9.17) is 4.74 Å². The fraction of sp³-hybridized carbons (Fsp3) is 0.136. The number of aromatic amines is 2. The van der Waals surface area contributed by atoms with Gasteiger partial charge in [-0.05, 0) is 29.7 Å². The van der Waals surface area contributed by atoms with E-state index in [0.717, 1.165) is 29.7 Å². The van der Waals surface area contributed by atoms with Crippen LogP contribution in [0.1, 0.15) is 21.6 Å². The van der Waals surface area contributed by atoms with Crippen molar-refractivity contribution in [2.45, 2.75) is 13.0 Å². The monoisotopic (exact) mass is 359 g/mol. The number of aromatic nitrogens is 2. The van der Waals surface area contributed by atoms with Gasteiger partial charge in [0.25, 0.3) is 0 Å². The molecule has 4 rings (SSSR count). The molecule has 0 amide bonds. The SMILES string of the molecule is O=C(OCc1ccccc1)c1cc(NCCc2c[nH]c3ccccc23)c[nH]1. The number of ether oxygens (including phenoxy) is 1. The fourth-order valence-corrected chi connectivity index (χ4v) is 3.10. The number of fused-ring (bicyclic) bond motifs is 1. The number of benzene rings is 2. The van der Waals surface area contributed by atoms with Gasteiger partial charge in [-0.25, -0.2) is 4.79 Å². The molecule has 0 atom stereocenters. The maximum atomic E-state index is 12.2. The number of carbonyl (C=O) groups is 1. The minimum Gasteiger partial charge on any atom is -0.456 e. The molecule has 0 spiro atoms. The topological polar surface area (TPSA) is 69.9 Å². The van der Waals surface area contributed by atoms with Gasteiger partial charge in [0.05, 0.1) is 5.69 Å². The standard InChI is InChI=1S/C22H21N3O2/c26-22(27-15-16-6-2-1-3-7-16)21-12-18(14-25-21)23-11-10-17-13-24-20-9-5-4-8-19(17)20/h1-9,12-14,23-25H,10-11,15H2. The molecule has 0 aliphatic carbocycles. The molecule has 0 aliphatic heterocycles. The van der Waals surface area contributed by atoms with E-state index in [1.165, 1.54) is 10.9 Å². The second-order valence-electron chi connectivity index (χ2n) is 6.40. The summed E-state index contributed by atoms with van der Waals surface area (Å²) in [7, 11) is 0. The lowest BCUT2D eigenvalue weighted by molar-refractivity contribution is 0.0466. The van der Waals surface area contributed by atoms with Crippen molar-refractivity contribution < 1.29 is 9.53 Å². The minimum absolute atomic E-state index is 0.266. The van der Waals surface area contributed by atoms with E-state index in [0.29, 0.717) is 5.69 Å². The molecule has 5 heteroatoms. The number of carbonyl (C=O) groups excluding carboxylic acids is 1. The minimum atomic E-state index is -0.358. The molecule has 0 unspecified atom stereocenters. The number of hydrogen-bond acceptors (Lipinski definition) is 3. The summed E-state index contributed by atoms with van der Waals surface area (Å²) in [6.07, 6.45) is 4.73. The smallest absolute Gasteiger partial charge is 0.355 e. The van der Waals surface area contributed by atoms with Gasteiger partial charge in [0.15, 0.2) is 0 Å². The van der Waals surface area contributed by atoms with E-state index in [-0.39, 0.29) is 12.6 Å². The first kappa shape index (κ1) is 17.0. The van der Waals surface area contributed by atoms with Gasteiger partial charge in [-0.3, -0.25) is 0 Å². The Bertz CT molecular complexity index is 1030. The molecule has 2 heterocycles. The lowest BCUT2D eigenvalue weighted by atomic mass is 10.1. The molecule has 0 radical (unpaired) electrons. The number of H-pyrrole nitrogens is 2. The van der Waals surface area contributed by atoms with Crippen LogP contribution in [0.25, 0.3) is 10.9 Å². The summed E-state index contributed by atoms with van der Waals surface area (Å²) in [6.45, 7) is 1.04. The molecule has 0 saturated carbocycles. The number of hydrogen-bond donors (Lipinski definition) is 3. The van der Waals surface area contributed by atoms with Crippen molar-refractivity contribution in [1.82, 2.24) is 9.97 Å². The van der Waals surface area contributed by atoms with Crippen LogP contribution in [0.5, 0.6) is 0 Å². The van der Waals surface area contributed by atoms with Crippen molar-refractivity contribution in [3.05, 3.63) is 89.9 Å². The molecule has 0 fully saturated rings. The Hall–Kier alpha value is -3.47. The zero-order valence-electron chi connectivity index (χ0n) is 14.9. The van der Waals surface area contributed by atoms with Gasteiger partial charge in [-0.15, -0.1) is 0 Å². The first-order valence-corrected chi connectivity index (χ1v) is 8.98. The van der Waals surface area contributed by atoms with Gasteiger partial charge >= 0.3 is 5.97 Å². The molecule has 0 saturated heterocycles. The molecule has 0 bridgehead atoms.